The van der Waals surface area contributed by atoms with E-state index in [1.807, 2.05) is 0 Å². The van der Waals surface area contributed by atoms with Gasteiger partial charge >= 0.3 is 5.97 Å². The number of rotatable bonds is 3. The minimum atomic E-state index is -0.412. The highest BCUT2D eigenvalue weighted by molar-refractivity contribution is 7.14. The van der Waals surface area contributed by atoms with Gasteiger partial charge in [0, 0.05) is 18.0 Å². The van der Waals surface area contributed by atoms with Gasteiger partial charge in [-0.2, -0.15) is 0 Å². The fourth-order valence-electron chi connectivity index (χ4n) is 0.906. The van der Waals surface area contributed by atoms with Crippen LogP contribution in [0, 0.1) is 0 Å². The molecule has 0 aliphatic carbocycles. The highest BCUT2D eigenvalue weighted by Crippen LogP contribution is 2.17. The topological polar surface area (TPSA) is 55.4 Å². The first-order valence-corrected chi connectivity index (χ1v) is 5.07. The molecule has 1 aromatic heterocycles. The van der Waals surface area contributed by atoms with Crippen LogP contribution in [0.3, 0.4) is 0 Å². The third kappa shape index (κ3) is 3.21. The molecule has 1 N–H and O–H groups in total. The number of esters is 1. The second-order valence-electron chi connectivity index (χ2n) is 2.64. The molecule has 0 radical (unpaired) electrons. The number of carbonyl (C=O) groups is 2. The lowest BCUT2D eigenvalue weighted by Gasteiger charge is -1.91. The number of hydrogen-bond donors (Lipinski definition) is 1. The van der Waals surface area contributed by atoms with Crippen molar-refractivity contribution in [1.82, 2.24) is 5.32 Å². The molecule has 15 heavy (non-hydrogen) atoms. The molecule has 0 aromatic carbocycles. The van der Waals surface area contributed by atoms with Gasteiger partial charge in [-0.15, -0.1) is 11.3 Å². The second kappa shape index (κ2) is 5.31. The quantitative estimate of drug-likeness (QED) is 0.623. The number of thiophene rings is 1. The Hall–Kier alpha value is -1.62. The van der Waals surface area contributed by atoms with E-state index in [1.54, 1.807) is 25.3 Å². The molecule has 0 saturated heterocycles. The number of methoxy groups -OCH3 is 1. The fourth-order valence-corrected chi connectivity index (χ4v) is 1.76. The summed E-state index contributed by atoms with van der Waals surface area (Å²) in [6.45, 7) is 0. The SMILES string of the molecule is CNC(=O)c1ccc(C=CC(=O)OC)s1. The van der Waals surface area contributed by atoms with E-state index in [2.05, 4.69) is 10.1 Å². The Kier molecular flexibility index (Phi) is 4.05. The normalized spacial score (nSPS) is 10.3. The van der Waals surface area contributed by atoms with E-state index < -0.39 is 5.97 Å². The largest absolute Gasteiger partial charge is 0.466 e. The molecule has 0 spiro atoms. The van der Waals surface area contributed by atoms with Gasteiger partial charge in [-0.05, 0) is 18.2 Å². The monoisotopic (exact) mass is 225 g/mol. The highest BCUT2D eigenvalue weighted by atomic mass is 32.1. The molecular weight excluding hydrogens is 214 g/mol. The number of carbonyl (C=O) groups excluding carboxylic acids is 2. The molecule has 1 rings (SSSR count). The van der Waals surface area contributed by atoms with Crippen molar-refractivity contribution in [3.8, 4) is 0 Å². The Bertz CT molecular complexity index is 395. The van der Waals surface area contributed by atoms with Gasteiger partial charge in [-0.3, -0.25) is 4.79 Å². The van der Waals surface area contributed by atoms with Gasteiger partial charge in [0.15, 0.2) is 0 Å². The van der Waals surface area contributed by atoms with Crippen molar-refractivity contribution >= 4 is 29.3 Å². The van der Waals surface area contributed by atoms with Crippen molar-refractivity contribution in [2.45, 2.75) is 0 Å². The van der Waals surface area contributed by atoms with Crippen LogP contribution in [0.1, 0.15) is 14.5 Å². The van der Waals surface area contributed by atoms with Crippen molar-refractivity contribution in [1.29, 1.82) is 0 Å². The summed E-state index contributed by atoms with van der Waals surface area (Å²) in [6.07, 6.45) is 2.93. The zero-order chi connectivity index (χ0) is 11.3. The smallest absolute Gasteiger partial charge is 0.330 e. The van der Waals surface area contributed by atoms with Gasteiger partial charge < -0.3 is 10.1 Å². The second-order valence-corrected chi connectivity index (χ2v) is 3.75. The van der Waals surface area contributed by atoms with Crippen LogP contribution in [0.2, 0.25) is 0 Å². The van der Waals surface area contributed by atoms with Gasteiger partial charge in [0.05, 0.1) is 12.0 Å². The summed E-state index contributed by atoms with van der Waals surface area (Å²) in [5.74, 6) is -0.539. The minimum absolute atomic E-state index is 0.127. The van der Waals surface area contributed by atoms with Crippen LogP contribution in [0.15, 0.2) is 18.2 Å². The van der Waals surface area contributed by atoms with Crippen LogP contribution in [0.25, 0.3) is 6.08 Å². The predicted octanol–water partition coefficient (Wildman–Crippen LogP) is 1.29. The van der Waals surface area contributed by atoms with E-state index in [1.165, 1.54) is 24.5 Å². The first-order valence-electron chi connectivity index (χ1n) is 4.25. The van der Waals surface area contributed by atoms with E-state index in [0.29, 0.717) is 4.88 Å². The number of hydrogen-bond acceptors (Lipinski definition) is 4. The van der Waals surface area contributed by atoms with E-state index in [4.69, 9.17) is 0 Å². The predicted molar refractivity (Wildman–Crippen MR) is 58.8 cm³/mol. The van der Waals surface area contributed by atoms with E-state index in [9.17, 15) is 9.59 Å². The summed E-state index contributed by atoms with van der Waals surface area (Å²) >= 11 is 1.31. The number of nitrogens with one attached hydrogen (secondary N) is 1. The third-order valence-electron chi connectivity index (χ3n) is 1.66. The van der Waals surface area contributed by atoms with Crippen molar-refractivity contribution in [3.05, 3.63) is 28.0 Å². The molecule has 0 fully saturated rings. The van der Waals surface area contributed by atoms with Gasteiger partial charge in [-0.25, -0.2) is 4.79 Å². The molecule has 0 bridgehead atoms. The lowest BCUT2D eigenvalue weighted by Crippen LogP contribution is -2.15. The molecule has 1 amide bonds. The standard InChI is InChI=1S/C10H11NO3S/c1-11-10(13)8-5-3-7(15-8)4-6-9(12)14-2/h3-6H,1-2H3,(H,11,13). The minimum Gasteiger partial charge on any atom is -0.466 e. The molecule has 5 heteroatoms. The molecule has 1 aromatic rings. The summed E-state index contributed by atoms with van der Waals surface area (Å²) in [5.41, 5.74) is 0. The summed E-state index contributed by atoms with van der Waals surface area (Å²) in [6, 6.07) is 3.48. The lowest BCUT2D eigenvalue weighted by atomic mass is 10.4. The zero-order valence-corrected chi connectivity index (χ0v) is 9.26. The average Bonchev–Trinajstić information content (AvgIpc) is 2.73. The Labute approximate surface area is 91.6 Å². The third-order valence-corrected chi connectivity index (χ3v) is 2.71. The molecule has 1 heterocycles. The van der Waals surface area contributed by atoms with Crippen molar-refractivity contribution in [2.24, 2.45) is 0 Å². The molecule has 4 nitrogen and oxygen atoms in total. The Balaban J connectivity index is 2.72. The summed E-state index contributed by atoms with van der Waals surface area (Å²) in [7, 11) is 2.89. The maximum absolute atomic E-state index is 11.2. The highest BCUT2D eigenvalue weighted by Gasteiger charge is 2.05. The molecule has 0 aliphatic heterocycles. The zero-order valence-electron chi connectivity index (χ0n) is 8.44. The van der Waals surface area contributed by atoms with Gasteiger partial charge in [0.2, 0.25) is 0 Å². The van der Waals surface area contributed by atoms with Crippen LogP contribution in [-0.4, -0.2) is 26.0 Å². The van der Waals surface area contributed by atoms with Crippen LogP contribution in [0.5, 0.6) is 0 Å². The van der Waals surface area contributed by atoms with Crippen LogP contribution in [-0.2, 0) is 9.53 Å². The van der Waals surface area contributed by atoms with Gasteiger partial charge in [-0.1, -0.05) is 0 Å². The summed E-state index contributed by atoms with van der Waals surface area (Å²) in [4.78, 5) is 23.4. The maximum atomic E-state index is 11.2. The van der Waals surface area contributed by atoms with Gasteiger partial charge in [0.25, 0.3) is 5.91 Å². The number of ether oxygens (including phenoxy) is 1. The van der Waals surface area contributed by atoms with Crippen molar-refractivity contribution in [2.75, 3.05) is 14.2 Å². The van der Waals surface area contributed by atoms with E-state index >= 15 is 0 Å². The first-order chi connectivity index (χ1) is 7.17. The van der Waals surface area contributed by atoms with Crippen molar-refractivity contribution < 1.29 is 14.3 Å². The van der Waals surface area contributed by atoms with Crippen molar-refractivity contribution in [3.63, 3.8) is 0 Å². The number of amides is 1. The molecular formula is C10H11NO3S. The van der Waals surface area contributed by atoms with Crippen LogP contribution >= 0.6 is 11.3 Å². The Morgan fingerprint density at radius 3 is 2.80 bits per heavy atom. The van der Waals surface area contributed by atoms with Crippen LogP contribution in [0.4, 0.5) is 0 Å². The fraction of sp³-hybridized carbons (Fsp3) is 0.200. The lowest BCUT2D eigenvalue weighted by molar-refractivity contribution is -0.134. The van der Waals surface area contributed by atoms with E-state index in [0.717, 1.165) is 4.88 Å². The van der Waals surface area contributed by atoms with E-state index in [-0.39, 0.29) is 5.91 Å². The van der Waals surface area contributed by atoms with Gasteiger partial charge in [0.1, 0.15) is 0 Å². The maximum Gasteiger partial charge on any atom is 0.330 e. The Morgan fingerprint density at radius 1 is 1.47 bits per heavy atom. The molecule has 0 saturated carbocycles. The Morgan fingerprint density at radius 2 is 2.20 bits per heavy atom. The molecule has 80 valence electrons. The molecule has 0 unspecified atom stereocenters. The van der Waals surface area contributed by atoms with Crippen LogP contribution < -0.4 is 5.32 Å². The summed E-state index contributed by atoms with van der Waals surface area (Å²) in [5, 5.41) is 2.53. The molecule has 0 atom stereocenters. The molecule has 0 aliphatic rings. The summed E-state index contributed by atoms with van der Waals surface area (Å²) < 4.78 is 4.45. The first kappa shape index (κ1) is 11.5. The average molecular weight is 225 g/mol.